The molecule has 1 N–H and O–H groups in total. The van der Waals surface area contributed by atoms with Crippen molar-refractivity contribution in [3.63, 3.8) is 0 Å². The molecule has 0 radical (unpaired) electrons. The van der Waals surface area contributed by atoms with E-state index in [2.05, 4.69) is 15.3 Å². The molecule has 0 aliphatic carbocycles. The van der Waals surface area contributed by atoms with Gasteiger partial charge in [-0.2, -0.15) is 0 Å². The van der Waals surface area contributed by atoms with Gasteiger partial charge in [0.05, 0.1) is 6.20 Å². The molecule has 0 fully saturated rings. The summed E-state index contributed by atoms with van der Waals surface area (Å²) in [4.78, 5) is 8.29. The molecule has 1 atom stereocenters. The first-order valence-electron chi connectivity index (χ1n) is 7.62. The fourth-order valence-electron chi connectivity index (χ4n) is 2.31. The number of nitrogens with one attached hydrogen (secondary N) is 1. The minimum Gasteiger partial charge on any atom is -0.768 e. The van der Waals surface area contributed by atoms with Gasteiger partial charge in [0.25, 0.3) is 0 Å². The standard InChI is InChI=1S/C18H17N3O3S/c22-25(23)18-6-5-16(24-17-4-2-8-20-13-17)9-15(18)12-21-11-14-3-1-7-19-10-14/h1-10,13,21H,11-12H2,(H,22,23)/p-1. The molecule has 0 aliphatic rings. The summed E-state index contributed by atoms with van der Waals surface area (Å²) >= 11 is -2.31. The van der Waals surface area contributed by atoms with E-state index in [1.165, 1.54) is 6.07 Å². The summed E-state index contributed by atoms with van der Waals surface area (Å²) in [5.74, 6) is 1.15. The van der Waals surface area contributed by atoms with Gasteiger partial charge in [-0.25, -0.2) is 0 Å². The van der Waals surface area contributed by atoms with Gasteiger partial charge in [-0.3, -0.25) is 14.2 Å². The molecule has 0 bridgehead atoms. The summed E-state index contributed by atoms with van der Waals surface area (Å²) in [7, 11) is 0. The van der Waals surface area contributed by atoms with Gasteiger partial charge in [0.15, 0.2) is 0 Å². The summed E-state index contributed by atoms with van der Waals surface area (Å²) in [6.45, 7) is 0.981. The molecule has 0 spiro atoms. The molecule has 0 saturated heterocycles. The van der Waals surface area contributed by atoms with E-state index in [1.54, 1.807) is 49.1 Å². The van der Waals surface area contributed by atoms with Crippen LogP contribution in [-0.2, 0) is 24.2 Å². The Kier molecular flexibility index (Phi) is 5.84. The Balaban J connectivity index is 1.73. The fourth-order valence-corrected chi connectivity index (χ4v) is 2.83. The molecule has 3 rings (SSSR count). The average Bonchev–Trinajstić information content (AvgIpc) is 2.63. The van der Waals surface area contributed by atoms with Crippen molar-refractivity contribution < 1.29 is 13.5 Å². The van der Waals surface area contributed by atoms with Crippen LogP contribution in [0.2, 0.25) is 0 Å². The average molecular weight is 354 g/mol. The van der Waals surface area contributed by atoms with Crippen molar-refractivity contribution in [3.05, 3.63) is 78.4 Å². The molecule has 1 aromatic carbocycles. The molecular formula is C18H16N3O3S-. The Morgan fingerprint density at radius 1 is 1.00 bits per heavy atom. The second-order valence-corrected chi connectivity index (χ2v) is 6.17. The Bertz CT molecular complexity index is 845. The number of hydrogen-bond acceptors (Lipinski definition) is 6. The van der Waals surface area contributed by atoms with Crippen LogP contribution in [0, 0.1) is 0 Å². The number of rotatable bonds is 7. The molecule has 2 aromatic heterocycles. The molecule has 0 amide bonds. The van der Waals surface area contributed by atoms with Crippen molar-refractivity contribution in [3.8, 4) is 11.5 Å². The van der Waals surface area contributed by atoms with E-state index in [0.717, 1.165) is 5.56 Å². The Morgan fingerprint density at radius 2 is 1.80 bits per heavy atom. The van der Waals surface area contributed by atoms with Gasteiger partial charge in [0, 0.05) is 36.6 Å². The van der Waals surface area contributed by atoms with Crippen LogP contribution < -0.4 is 10.1 Å². The van der Waals surface area contributed by atoms with Crippen molar-refractivity contribution in [2.75, 3.05) is 0 Å². The number of ether oxygens (including phenoxy) is 1. The Labute approximate surface area is 148 Å². The second-order valence-electron chi connectivity index (χ2n) is 5.26. The van der Waals surface area contributed by atoms with Crippen molar-refractivity contribution in [2.45, 2.75) is 18.0 Å². The van der Waals surface area contributed by atoms with Gasteiger partial charge >= 0.3 is 0 Å². The van der Waals surface area contributed by atoms with E-state index >= 15 is 0 Å². The van der Waals surface area contributed by atoms with Crippen LogP contribution >= 0.6 is 0 Å². The summed E-state index contributed by atoms with van der Waals surface area (Å²) < 4.78 is 28.6. The zero-order valence-corrected chi connectivity index (χ0v) is 14.1. The van der Waals surface area contributed by atoms with Crippen LogP contribution in [0.4, 0.5) is 0 Å². The molecular weight excluding hydrogens is 338 g/mol. The van der Waals surface area contributed by atoms with Gasteiger partial charge in [-0.05, 0) is 58.6 Å². The zero-order chi connectivity index (χ0) is 17.5. The normalized spacial score (nSPS) is 11.9. The third-order valence-electron chi connectivity index (χ3n) is 3.45. The third-order valence-corrected chi connectivity index (χ3v) is 4.21. The molecule has 128 valence electrons. The molecule has 1 unspecified atom stereocenters. The zero-order valence-electron chi connectivity index (χ0n) is 13.3. The number of hydrogen-bond donors (Lipinski definition) is 1. The van der Waals surface area contributed by atoms with E-state index in [1.807, 2.05) is 12.1 Å². The quantitative estimate of drug-likeness (QED) is 0.657. The number of pyridine rings is 2. The minimum absolute atomic E-state index is 0.247. The van der Waals surface area contributed by atoms with E-state index in [4.69, 9.17) is 4.74 Å². The molecule has 0 aliphatic heterocycles. The molecule has 3 aromatic rings. The number of nitrogens with zero attached hydrogens (tertiary/aromatic N) is 2. The van der Waals surface area contributed by atoms with E-state index in [9.17, 15) is 8.76 Å². The maximum Gasteiger partial charge on any atom is 0.145 e. The van der Waals surface area contributed by atoms with Gasteiger partial charge in [0.2, 0.25) is 0 Å². The van der Waals surface area contributed by atoms with Crippen molar-refractivity contribution in [1.82, 2.24) is 15.3 Å². The monoisotopic (exact) mass is 354 g/mol. The van der Waals surface area contributed by atoms with Crippen LogP contribution in [0.3, 0.4) is 0 Å². The fraction of sp³-hybridized carbons (Fsp3) is 0.111. The van der Waals surface area contributed by atoms with Gasteiger partial charge in [-0.15, -0.1) is 0 Å². The highest BCUT2D eigenvalue weighted by Crippen LogP contribution is 2.25. The lowest BCUT2D eigenvalue weighted by Crippen LogP contribution is -2.14. The second kappa shape index (κ2) is 8.48. The highest BCUT2D eigenvalue weighted by Gasteiger charge is 2.07. The predicted molar refractivity (Wildman–Crippen MR) is 92.7 cm³/mol. The summed E-state index contributed by atoms with van der Waals surface area (Å²) in [5.41, 5.74) is 1.66. The largest absolute Gasteiger partial charge is 0.768 e. The smallest absolute Gasteiger partial charge is 0.145 e. The highest BCUT2D eigenvalue weighted by atomic mass is 32.2. The topological polar surface area (TPSA) is 87.2 Å². The number of aromatic nitrogens is 2. The van der Waals surface area contributed by atoms with E-state index in [0.29, 0.717) is 30.2 Å². The lowest BCUT2D eigenvalue weighted by molar-refractivity contribution is 0.478. The first kappa shape index (κ1) is 17.2. The summed E-state index contributed by atoms with van der Waals surface area (Å²) in [5, 5.41) is 3.22. The molecule has 25 heavy (non-hydrogen) atoms. The maximum absolute atomic E-state index is 11.4. The predicted octanol–water partition coefficient (Wildman–Crippen LogP) is 2.80. The van der Waals surface area contributed by atoms with Crippen molar-refractivity contribution >= 4 is 11.1 Å². The molecule has 2 heterocycles. The lowest BCUT2D eigenvalue weighted by Gasteiger charge is -2.15. The molecule has 7 heteroatoms. The molecule has 0 saturated carbocycles. The SMILES string of the molecule is O=S([O-])c1ccc(Oc2cccnc2)cc1CNCc1cccnc1. The van der Waals surface area contributed by atoms with Crippen LogP contribution in [0.15, 0.2) is 72.1 Å². The van der Waals surface area contributed by atoms with Gasteiger partial charge < -0.3 is 14.6 Å². The third kappa shape index (κ3) is 4.93. The first-order valence-corrected chi connectivity index (χ1v) is 8.69. The first-order chi connectivity index (χ1) is 12.2. The highest BCUT2D eigenvalue weighted by molar-refractivity contribution is 7.79. The van der Waals surface area contributed by atoms with Crippen molar-refractivity contribution in [1.29, 1.82) is 0 Å². The van der Waals surface area contributed by atoms with Gasteiger partial charge in [-0.1, -0.05) is 6.07 Å². The lowest BCUT2D eigenvalue weighted by atomic mass is 10.2. The van der Waals surface area contributed by atoms with Crippen LogP contribution in [-0.4, -0.2) is 18.7 Å². The van der Waals surface area contributed by atoms with Crippen LogP contribution in [0.5, 0.6) is 11.5 Å². The molecule has 6 nitrogen and oxygen atoms in total. The maximum atomic E-state index is 11.4. The minimum atomic E-state index is -2.31. The van der Waals surface area contributed by atoms with Crippen LogP contribution in [0.1, 0.15) is 11.1 Å². The van der Waals surface area contributed by atoms with Crippen LogP contribution in [0.25, 0.3) is 0 Å². The summed E-state index contributed by atoms with van der Waals surface area (Å²) in [6.07, 6.45) is 6.73. The Morgan fingerprint density at radius 3 is 2.48 bits per heavy atom. The van der Waals surface area contributed by atoms with E-state index < -0.39 is 11.1 Å². The van der Waals surface area contributed by atoms with Crippen molar-refractivity contribution in [2.24, 2.45) is 0 Å². The Hall–Kier alpha value is -2.61. The van der Waals surface area contributed by atoms with E-state index in [-0.39, 0.29) is 4.90 Å². The van der Waals surface area contributed by atoms with Gasteiger partial charge in [0.1, 0.15) is 11.5 Å². The number of benzene rings is 1. The summed E-state index contributed by atoms with van der Waals surface area (Å²) in [6, 6.07) is 12.2.